The summed E-state index contributed by atoms with van der Waals surface area (Å²) in [5, 5.41) is 12.7. The lowest BCUT2D eigenvalue weighted by Gasteiger charge is -2.17. The Balaban J connectivity index is 2.51. The van der Waals surface area contributed by atoms with Gasteiger partial charge in [-0.25, -0.2) is 4.39 Å². The lowest BCUT2D eigenvalue weighted by Crippen LogP contribution is -2.22. The smallest absolute Gasteiger partial charge is 0.124 e. The van der Waals surface area contributed by atoms with Gasteiger partial charge >= 0.3 is 0 Å². The highest BCUT2D eigenvalue weighted by Crippen LogP contribution is 2.19. The number of halogens is 2. The van der Waals surface area contributed by atoms with Crippen LogP contribution in [0.25, 0.3) is 0 Å². The lowest BCUT2D eigenvalue weighted by atomic mass is 10.1. The molecule has 2 N–H and O–H groups in total. The van der Waals surface area contributed by atoms with Crippen LogP contribution in [0.2, 0.25) is 0 Å². The molecule has 1 rings (SSSR count). The molecule has 0 spiro atoms. The van der Waals surface area contributed by atoms with Crippen molar-refractivity contribution in [1.82, 2.24) is 0 Å². The second-order valence-corrected chi connectivity index (χ2v) is 5.28. The Morgan fingerprint density at radius 1 is 1.47 bits per heavy atom. The van der Waals surface area contributed by atoms with Gasteiger partial charge in [-0.3, -0.25) is 0 Å². The summed E-state index contributed by atoms with van der Waals surface area (Å²) in [6.07, 6.45) is 0.653. The minimum atomic E-state index is -0.668. The van der Waals surface area contributed by atoms with Crippen molar-refractivity contribution >= 4 is 28.3 Å². The van der Waals surface area contributed by atoms with E-state index in [2.05, 4.69) is 27.9 Å². The van der Waals surface area contributed by atoms with Crippen LogP contribution in [-0.4, -0.2) is 17.3 Å². The van der Waals surface area contributed by atoms with E-state index in [1.165, 1.54) is 12.1 Å². The molecule has 0 fully saturated rings. The SMILES string of the molecule is CC(C)(O)CCNc1ccc(F)cc1I. The van der Waals surface area contributed by atoms with E-state index >= 15 is 0 Å². The number of anilines is 1. The first-order chi connectivity index (χ1) is 6.88. The van der Waals surface area contributed by atoms with Crippen LogP contribution >= 0.6 is 22.6 Å². The molecule has 84 valence electrons. The molecule has 0 heterocycles. The Hall–Kier alpha value is -0.360. The van der Waals surface area contributed by atoms with E-state index < -0.39 is 5.60 Å². The highest BCUT2D eigenvalue weighted by Gasteiger charge is 2.11. The fourth-order valence-electron chi connectivity index (χ4n) is 1.14. The fourth-order valence-corrected chi connectivity index (χ4v) is 1.80. The largest absolute Gasteiger partial charge is 0.390 e. The number of benzene rings is 1. The Bertz CT molecular complexity index is 336. The van der Waals surface area contributed by atoms with Crippen LogP contribution in [0.1, 0.15) is 20.3 Å². The van der Waals surface area contributed by atoms with Crippen molar-refractivity contribution in [2.24, 2.45) is 0 Å². The average molecular weight is 323 g/mol. The van der Waals surface area contributed by atoms with Gasteiger partial charge in [-0.2, -0.15) is 0 Å². The second kappa shape index (κ2) is 5.12. The fraction of sp³-hybridized carbons (Fsp3) is 0.455. The Kier molecular flexibility index (Phi) is 4.33. The van der Waals surface area contributed by atoms with Crippen molar-refractivity contribution in [3.8, 4) is 0 Å². The first-order valence-electron chi connectivity index (χ1n) is 4.80. The number of hydrogen-bond acceptors (Lipinski definition) is 2. The highest BCUT2D eigenvalue weighted by atomic mass is 127. The Morgan fingerprint density at radius 2 is 2.13 bits per heavy atom. The summed E-state index contributed by atoms with van der Waals surface area (Å²) < 4.78 is 13.6. The molecule has 4 heteroatoms. The van der Waals surface area contributed by atoms with Gasteiger partial charge in [0, 0.05) is 15.8 Å². The number of hydrogen-bond donors (Lipinski definition) is 2. The minimum absolute atomic E-state index is 0.229. The predicted molar refractivity (Wildman–Crippen MR) is 68.5 cm³/mol. The summed E-state index contributed by atoms with van der Waals surface area (Å²) in [5.41, 5.74) is 0.236. The topological polar surface area (TPSA) is 32.3 Å². The van der Waals surface area contributed by atoms with Crippen LogP contribution in [0.3, 0.4) is 0 Å². The van der Waals surface area contributed by atoms with E-state index in [4.69, 9.17) is 0 Å². The maximum absolute atomic E-state index is 12.8. The normalized spacial score (nSPS) is 11.5. The van der Waals surface area contributed by atoms with E-state index in [1.54, 1.807) is 19.9 Å². The van der Waals surface area contributed by atoms with E-state index in [0.717, 1.165) is 9.26 Å². The van der Waals surface area contributed by atoms with Crippen LogP contribution in [0, 0.1) is 9.39 Å². The molecular formula is C11H15FINO. The molecule has 0 aromatic heterocycles. The van der Waals surface area contributed by atoms with Crippen LogP contribution < -0.4 is 5.32 Å². The van der Waals surface area contributed by atoms with E-state index in [-0.39, 0.29) is 5.82 Å². The van der Waals surface area contributed by atoms with Gasteiger partial charge in [0.05, 0.1) is 5.60 Å². The van der Waals surface area contributed by atoms with Crippen LogP contribution in [0.5, 0.6) is 0 Å². The second-order valence-electron chi connectivity index (χ2n) is 4.11. The molecule has 0 bridgehead atoms. The Morgan fingerprint density at radius 3 is 2.67 bits per heavy atom. The predicted octanol–water partition coefficient (Wildman–Crippen LogP) is 3.00. The summed E-state index contributed by atoms with van der Waals surface area (Å²) in [4.78, 5) is 0. The zero-order valence-corrected chi connectivity index (χ0v) is 11.0. The third kappa shape index (κ3) is 4.79. The maximum Gasteiger partial charge on any atom is 0.124 e. The summed E-state index contributed by atoms with van der Waals surface area (Å²) in [6, 6.07) is 4.61. The van der Waals surface area contributed by atoms with Gasteiger partial charge < -0.3 is 10.4 Å². The molecule has 0 unspecified atom stereocenters. The number of nitrogens with one attached hydrogen (secondary N) is 1. The lowest BCUT2D eigenvalue weighted by molar-refractivity contribution is 0.0749. The minimum Gasteiger partial charge on any atom is -0.390 e. The third-order valence-electron chi connectivity index (χ3n) is 1.98. The Labute approximate surface area is 103 Å². The summed E-state index contributed by atoms with van der Waals surface area (Å²) in [5.74, 6) is -0.229. The maximum atomic E-state index is 12.8. The van der Waals surface area contributed by atoms with Gasteiger partial charge in [0.25, 0.3) is 0 Å². The zero-order chi connectivity index (χ0) is 11.5. The van der Waals surface area contributed by atoms with E-state index in [9.17, 15) is 9.50 Å². The molecule has 0 saturated heterocycles. The molecule has 1 aromatic carbocycles. The number of rotatable bonds is 4. The molecule has 0 saturated carbocycles. The molecule has 1 aromatic rings. The molecule has 0 aliphatic heterocycles. The molecule has 2 nitrogen and oxygen atoms in total. The van der Waals surface area contributed by atoms with E-state index in [0.29, 0.717) is 13.0 Å². The third-order valence-corrected chi connectivity index (χ3v) is 2.88. The van der Waals surface area contributed by atoms with Gasteiger partial charge in [0.2, 0.25) is 0 Å². The van der Waals surface area contributed by atoms with E-state index in [1.807, 2.05) is 0 Å². The first kappa shape index (κ1) is 12.7. The summed E-state index contributed by atoms with van der Waals surface area (Å²) in [6.45, 7) is 4.21. The van der Waals surface area contributed by atoms with Gasteiger partial charge in [-0.1, -0.05) is 0 Å². The molecule has 15 heavy (non-hydrogen) atoms. The van der Waals surface area contributed by atoms with Crippen molar-refractivity contribution in [1.29, 1.82) is 0 Å². The van der Waals surface area contributed by atoms with Crippen molar-refractivity contribution in [3.05, 3.63) is 27.6 Å². The van der Waals surface area contributed by atoms with Crippen LogP contribution in [-0.2, 0) is 0 Å². The molecule has 0 aliphatic carbocycles. The zero-order valence-electron chi connectivity index (χ0n) is 8.85. The van der Waals surface area contributed by atoms with Crippen LogP contribution in [0.15, 0.2) is 18.2 Å². The molecule has 0 aliphatic rings. The van der Waals surface area contributed by atoms with Crippen molar-refractivity contribution in [3.63, 3.8) is 0 Å². The molecule has 0 radical (unpaired) electrons. The summed E-state index contributed by atoms with van der Waals surface area (Å²) in [7, 11) is 0. The van der Waals surface area contributed by atoms with Gasteiger partial charge in [-0.05, 0) is 61.1 Å². The monoisotopic (exact) mass is 323 g/mol. The standard InChI is InChI=1S/C11H15FINO/c1-11(2,15)5-6-14-10-4-3-8(12)7-9(10)13/h3-4,7,14-15H,5-6H2,1-2H3. The average Bonchev–Trinajstić information content (AvgIpc) is 2.07. The van der Waals surface area contributed by atoms with Crippen molar-refractivity contribution in [2.75, 3.05) is 11.9 Å². The molecule has 0 atom stereocenters. The number of aliphatic hydroxyl groups is 1. The van der Waals surface area contributed by atoms with Crippen LogP contribution in [0.4, 0.5) is 10.1 Å². The molecular weight excluding hydrogens is 308 g/mol. The van der Waals surface area contributed by atoms with Crippen molar-refractivity contribution in [2.45, 2.75) is 25.9 Å². The van der Waals surface area contributed by atoms with Gasteiger partial charge in [0.15, 0.2) is 0 Å². The molecule has 0 amide bonds. The van der Waals surface area contributed by atoms with Gasteiger partial charge in [-0.15, -0.1) is 0 Å². The summed E-state index contributed by atoms with van der Waals surface area (Å²) >= 11 is 2.08. The van der Waals surface area contributed by atoms with Crippen molar-refractivity contribution < 1.29 is 9.50 Å². The van der Waals surface area contributed by atoms with Gasteiger partial charge in [0.1, 0.15) is 5.82 Å². The first-order valence-corrected chi connectivity index (χ1v) is 5.88. The highest BCUT2D eigenvalue weighted by molar-refractivity contribution is 14.1. The quantitative estimate of drug-likeness (QED) is 0.835.